The molecule has 3 aromatic rings. The highest BCUT2D eigenvalue weighted by Gasteiger charge is 2.27. The zero-order valence-electron chi connectivity index (χ0n) is 33.1. The number of phenols is 3. The average Bonchev–Trinajstić information content (AvgIpc) is 3.24. The monoisotopic (exact) mass is 774 g/mol. The zero-order valence-corrected chi connectivity index (χ0v) is 33.1. The Morgan fingerprint density at radius 3 is 0.684 bits per heavy atom. The Bertz CT molecular complexity index is 1710. The maximum absolute atomic E-state index is 11.5. The van der Waals surface area contributed by atoms with Crippen LogP contribution in [0.1, 0.15) is 110 Å². The number of rotatable bonds is 3. The van der Waals surface area contributed by atoms with Crippen molar-refractivity contribution < 1.29 is 29.5 Å². The first-order chi connectivity index (χ1) is 27.8. The van der Waals surface area contributed by atoms with Crippen LogP contribution in [-0.2, 0) is 0 Å². The first-order valence-electron chi connectivity index (χ1n) is 20.3. The molecule has 0 spiro atoms. The van der Waals surface area contributed by atoms with Gasteiger partial charge in [-0.15, -0.1) is 0 Å². The molecule has 12 heteroatoms. The van der Waals surface area contributed by atoms with Crippen LogP contribution in [0.2, 0.25) is 0 Å². The molecule has 0 amide bonds. The molecule has 1 heterocycles. The van der Waals surface area contributed by atoms with E-state index in [0.29, 0.717) is 50.6 Å². The van der Waals surface area contributed by atoms with E-state index < -0.39 is 0 Å². The van der Waals surface area contributed by atoms with Gasteiger partial charge in [0.05, 0.1) is 57.6 Å². The summed E-state index contributed by atoms with van der Waals surface area (Å²) >= 11 is 0. The van der Waals surface area contributed by atoms with Crippen molar-refractivity contribution in [2.24, 2.45) is 30.0 Å². The van der Waals surface area contributed by atoms with Crippen LogP contribution in [0.5, 0.6) is 34.5 Å². The van der Waals surface area contributed by atoms with Crippen molar-refractivity contribution in [1.82, 2.24) is 0 Å². The first kappa shape index (κ1) is 39.7. The van der Waals surface area contributed by atoms with Crippen LogP contribution in [-0.4, -0.2) is 110 Å². The van der Waals surface area contributed by atoms with Gasteiger partial charge >= 0.3 is 0 Å². The van der Waals surface area contributed by atoms with Gasteiger partial charge in [-0.1, -0.05) is 38.5 Å². The van der Waals surface area contributed by atoms with Gasteiger partial charge in [-0.3, -0.25) is 30.0 Å². The topological polar surface area (TPSA) is 163 Å². The van der Waals surface area contributed by atoms with E-state index in [9.17, 15) is 15.3 Å². The predicted molar refractivity (Wildman–Crippen MR) is 228 cm³/mol. The van der Waals surface area contributed by atoms with Gasteiger partial charge < -0.3 is 29.5 Å². The number of methoxy groups -OCH3 is 3. The molecule has 3 N–H and O–H groups in total. The second-order valence-electron chi connectivity index (χ2n) is 15.4. The van der Waals surface area contributed by atoms with E-state index in [4.69, 9.17) is 44.2 Å². The van der Waals surface area contributed by atoms with Gasteiger partial charge in [0.25, 0.3) is 0 Å². The molecule has 3 aliphatic carbocycles. The fourth-order valence-corrected chi connectivity index (χ4v) is 8.27. The lowest BCUT2D eigenvalue weighted by Crippen LogP contribution is -2.27. The van der Waals surface area contributed by atoms with Crippen LogP contribution >= 0.6 is 0 Å². The fourth-order valence-electron chi connectivity index (χ4n) is 8.27. The van der Waals surface area contributed by atoms with Gasteiger partial charge in [0.2, 0.25) is 0 Å². The number of benzene rings is 3. The number of phenolic OH excluding ortho intramolecular Hbond substituents is 3. The smallest absolute Gasteiger partial charge is 0.133 e. The van der Waals surface area contributed by atoms with E-state index >= 15 is 0 Å². The van der Waals surface area contributed by atoms with Gasteiger partial charge in [0, 0.05) is 70.7 Å². The molecule has 3 fully saturated rings. The number of aromatic hydroxyl groups is 3. The van der Waals surface area contributed by atoms with Crippen LogP contribution in [0, 0.1) is 0 Å². The third-order valence-corrected chi connectivity index (χ3v) is 11.6. The summed E-state index contributed by atoms with van der Waals surface area (Å²) in [7, 11) is 4.79. The summed E-state index contributed by atoms with van der Waals surface area (Å²) in [5, 5.41) is 34.4. The maximum atomic E-state index is 11.5. The molecule has 3 saturated carbocycles. The maximum Gasteiger partial charge on any atom is 0.133 e. The molecule has 0 unspecified atom stereocenters. The standard InChI is InChI=1S/C45H54N6O6/c1-55-34-16-28-22-46-37-10-4-6-12-39(37)48-24-30-18-35(56-2)20-32(44(30)53)26-50-41-14-8-9-15-42(41)51-27-33-21-36(57-3)19-31(45(33)54)25-49-40-13-7-5-11-38(40)47-23-29(17-34)43(28)52/h16-27,37-42,52-54H,4-15H2,1-3H3/t37-,38-,39-,40-,41-,42-/m0/s1. The van der Waals surface area contributed by atoms with Gasteiger partial charge in [-0.2, -0.15) is 0 Å². The molecule has 0 radical (unpaired) electrons. The lowest BCUT2D eigenvalue weighted by atomic mass is 9.91. The number of hydrogen-bond acceptors (Lipinski definition) is 12. The Hall–Kier alpha value is -5.52. The van der Waals surface area contributed by atoms with Crippen LogP contribution in [0.25, 0.3) is 0 Å². The molecule has 12 nitrogen and oxygen atoms in total. The highest BCUT2D eigenvalue weighted by Crippen LogP contribution is 2.33. The lowest BCUT2D eigenvalue weighted by Gasteiger charge is -2.26. The summed E-state index contributed by atoms with van der Waals surface area (Å²) in [6, 6.07) is 9.96. The number of ether oxygens (including phenoxy) is 3. The van der Waals surface area contributed by atoms with E-state index in [1.165, 1.54) is 0 Å². The molecule has 4 aliphatic rings. The van der Waals surface area contributed by atoms with E-state index in [2.05, 4.69) is 0 Å². The summed E-state index contributed by atoms with van der Waals surface area (Å²) in [6.45, 7) is 0. The number of nitrogens with zero attached hydrogens (tertiary/aromatic N) is 6. The van der Waals surface area contributed by atoms with E-state index in [1.54, 1.807) is 95.0 Å². The van der Waals surface area contributed by atoms with Crippen molar-refractivity contribution in [3.05, 3.63) is 69.8 Å². The van der Waals surface area contributed by atoms with Gasteiger partial charge in [0.1, 0.15) is 34.5 Å². The number of aliphatic imine (C=N–C) groups is 6. The predicted octanol–water partition coefficient (Wildman–Crippen LogP) is 7.69. The van der Waals surface area contributed by atoms with E-state index in [0.717, 1.165) is 77.0 Å². The molecule has 3 aromatic carbocycles. The third-order valence-electron chi connectivity index (χ3n) is 11.6. The molecular formula is C45H54N6O6. The molecule has 6 atom stereocenters. The second-order valence-corrected chi connectivity index (χ2v) is 15.4. The van der Waals surface area contributed by atoms with Crippen molar-refractivity contribution >= 4 is 37.3 Å². The molecular weight excluding hydrogens is 721 g/mol. The van der Waals surface area contributed by atoms with Gasteiger partial charge in [-0.25, -0.2) is 0 Å². The minimum atomic E-state index is -0.113. The van der Waals surface area contributed by atoms with Crippen LogP contribution < -0.4 is 14.2 Å². The SMILES string of the molecule is COc1cc2c(O)c(c1)C=N[C@H]1CCCC[C@@H]1N=Cc1cc(OC)cc(c1O)C=N[C@H]1CCCC[C@@H]1N=Cc1cc(OC)cc(c1O)C=N[C@H]1CCCC[C@@H]1N=C2. The molecule has 0 saturated heterocycles. The Balaban J connectivity index is 1.31. The normalized spacial score (nSPS) is 25.1. The summed E-state index contributed by atoms with van der Waals surface area (Å²) in [6.07, 6.45) is 21.5. The van der Waals surface area contributed by atoms with Crippen LogP contribution in [0.4, 0.5) is 0 Å². The zero-order chi connectivity index (χ0) is 39.7. The Morgan fingerprint density at radius 2 is 0.526 bits per heavy atom. The largest absolute Gasteiger partial charge is 0.507 e. The van der Waals surface area contributed by atoms with Crippen molar-refractivity contribution in [3.63, 3.8) is 0 Å². The van der Waals surface area contributed by atoms with Crippen molar-refractivity contribution in [2.75, 3.05) is 21.3 Å². The van der Waals surface area contributed by atoms with Crippen molar-refractivity contribution in [3.8, 4) is 34.5 Å². The Morgan fingerprint density at radius 1 is 0.351 bits per heavy atom. The van der Waals surface area contributed by atoms with E-state index in [1.807, 2.05) is 0 Å². The number of fused-ring (bicyclic) bond motifs is 9. The highest BCUT2D eigenvalue weighted by molar-refractivity contribution is 5.95. The Kier molecular flexibility index (Phi) is 13.0. The fraction of sp³-hybridized carbons (Fsp3) is 0.467. The minimum Gasteiger partial charge on any atom is -0.507 e. The van der Waals surface area contributed by atoms with Crippen molar-refractivity contribution in [2.45, 2.75) is 113 Å². The Labute approximate surface area is 334 Å². The quantitative estimate of drug-likeness (QED) is 0.247. The van der Waals surface area contributed by atoms with E-state index in [-0.39, 0.29) is 53.5 Å². The summed E-state index contributed by atoms with van der Waals surface area (Å²) < 4.78 is 16.9. The molecule has 7 rings (SSSR count). The lowest BCUT2D eigenvalue weighted by molar-refractivity contribution is 0.389. The minimum absolute atomic E-state index is 0.0678. The molecule has 1 aliphatic heterocycles. The summed E-state index contributed by atoms with van der Waals surface area (Å²) in [4.78, 5) is 29.8. The molecule has 300 valence electrons. The molecule has 6 bridgehead atoms. The van der Waals surface area contributed by atoms with Gasteiger partial charge in [0.15, 0.2) is 0 Å². The highest BCUT2D eigenvalue weighted by atomic mass is 16.5. The van der Waals surface area contributed by atoms with Crippen LogP contribution in [0.3, 0.4) is 0 Å². The average molecular weight is 775 g/mol. The summed E-state index contributed by atoms with van der Waals surface area (Å²) in [5.41, 5.74) is 3.18. The summed E-state index contributed by atoms with van der Waals surface area (Å²) in [5.74, 6) is 1.94. The third kappa shape index (κ3) is 9.55. The van der Waals surface area contributed by atoms with Gasteiger partial charge in [-0.05, 0) is 74.9 Å². The number of hydrogen-bond donors (Lipinski definition) is 3. The van der Waals surface area contributed by atoms with Crippen molar-refractivity contribution in [1.29, 1.82) is 0 Å². The second kappa shape index (κ2) is 18.6. The molecule has 57 heavy (non-hydrogen) atoms. The van der Waals surface area contributed by atoms with Crippen LogP contribution in [0.15, 0.2) is 66.4 Å². The molecule has 0 aromatic heterocycles. The first-order valence-corrected chi connectivity index (χ1v) is 20.3.